The number of ketones is 1. The molecule has 2 rings (SSSR count). The molecular weight excluding hydrogens is 192 g/mol. The highest BCUT2D eigenvalue weighted by atomic mass is 16.7. The fraction of sp³-hybridized carbons (Fsp3) is 0.417. The second-order valence-electron chi connectivity index (χ2n) is 3.83. The summed E-state index contributed by atoms with van der Waals surface area (Å²) in [7, 11) is 0. The van der Waals surface area contributed by atoms with Crippen molar-refractivity contribution in [2.24, 2.45) is 0 Å². The highest BCUT2D eigenvalue weighted by Gasteiger charge is 2.15. The van der Waals surface area contributed by atoms with Gasteiger partial charge in [-0.05, 0) is 43.5 Å². The van der Waals surface area contributed by atoms with Gasteiger partial charge in [0.2, 0.25) is 6.79 Å². The van der Waals surface area contributed by atoms with E-state index in [1.54, 1.807) is 6.92 Å². The van der Waals surface area contributed by atoms with E-state index in [0.717, 1.165) is 29.0 Å². The first-order chi connectivity index (χ1) is 7.16. The van der Waals surface area contributed by atoms with E-state index in [0.29, 0.717) is 13.2 Å². The zero-order valence-corrected chi connectivity index (χ0v) is 9.00. The third-order valence-corrected chi connectivity index (χ3v) is 2.58. The Kier molecular flexibility index (Phi) is 2.62. The Bertz CT molecular complexity index is 396. The van der Waals surface area contributed by atoms with Crippen molar-refractivity contribution in [3.05, 3.63) is 23.3 Å². The fourth-order valence-electron chi connectivity index (χ4n) is 1.67. The van der Waals surface area contributed by atoms with Crippen molar-refractivity contribution in [1.29, 1.82) is 0 Å². The highest BCUT2D eigenvalue weighted by molar-refractivity contribution is 5.75. The Labute approximate surface area is 89.0 Å². The summed E-state index contributed by atoms with van der Waals surface area (Å²) in [6.45, 7) is 3.94. The number of benzene rings is 1. The minimum atomic E-state index is 0.215. The molecule has 15 heavy (non-hydrogen) atoms. The zero-order chi connectivity index (χ0) is 10.8. The van der Waals surface area contributed by atoms with Gasteiger partial charge in [-0.15, -0.1) is 0 Å². The zero-order valence-electron chi connectivity index (χ0n) is 9.00. The number of carbonyl (C=O) groups excluding carboxylic acids is 1. The van der Waals surface area contributed by atoms with Gasteiger partial charge >= 0.3 is 0 Å². The molecular formula is C12H14O3. The molecule has 1 aromatic rings. The minimum Gasteiger partial charge on any atom is -0.454 e. The van der Waals surface area contributed by atoms with Crippen LogP contribution in [0.3, 0.4) is 0 Å². The summed E-state index contributed by atoms with van der Waals surface area (Å²) in [6, 6.07) is 3.94. The lowest BCUT2D eigenvalue weighted by Crippen LogP contribution is -1.96. The fourth-order valence-corrected chi connectivity index (χ4v) is 1.67. The van der Waals surface area contributed by atoms with Crippen molar-refractivity contribution in [3.8, 4) is 11.5 Å². The van der Waals surface area contributed by atoms with Crippen LogP contribution >= 0.6 is 0 Å². The maximum atomic E-state index is 10.9. The van der Waals surface area contributed by atoms with E-state index in [-0.39, 0.29) is 5.78 Å². The van der Waals surface area contributed by atoms with Crippen LogP contribution in [0.5, 0.6) is 11.5 Å². The summed E-state index contributed by atoms with van der Waals surface area (Å²) in [4.78, 5) is 10.9. The average Bonchev–Trinajstić information content (AvgIpc) is 2.60. The molecule has 1 heterocycles. The first kappa shape index (κ1) is 10.0. The van der Waals surface area contributed by atoms with E-state index in [1.807, 2.05) is 19.1 Å². The number of ether oxygens (including phenoxy) is 2. The molecule has 1 aromatic carbocycles. The molecule has 1 aliphatic heterocycles. The molecule has 0 fully saturated rings. The SMILES string of the molecule is CC(=O)CCc1cc2c(cc1C)OCO2. The number of rotatable bonds is 3. The maximum absolute atomic E-state index is 10.9. The topological polar surface area (TPSA) is 35.5 Å². The van der Waals surface area contributed by atoms with Crippen LogP contribution in [-0.2, 0) is 11.2 Å². The van der Waals surface area contributed by atoms with Gasteiger partial charge in [0, 0.05) is 6.42 Å². The lowest BCUT2D eigenvalue weighted by atomic mass is 10.0. The van der Waals surface area contributed by atoms with Crippen LogP contribution in [0.1, 0.15) is 24.5 Å². The van der Waals surface area contributed by atoms with E-state index in [2.05, 4.69) is 0 Å². The molecule has 0 N–H and O–H groups in total. The van der Waals surface area contributed by atoms with Crippen LogP contribution in [0.4, 0.5) is 0 Å². The molecule has 0 amide bonds. The smallest absolute Gasteiger partial charge is 0.231 e. The van der Waals surface area contributed by atoms with Crippen LogP contribution in [0.15, 0.2) is 12.1 Å². The Morgan fingerprint density at radius 2 is 2.00 bits per heavy atom. The van der Waals surface area contributed by atoms with Crippen molar-refractivity contribution >= 4 is 5.78 Å². The van der Waals surface area contributed by atoms with E-state index in [9.17, 15) is 4.79 Å². The average molecular weight is 206 g/mol. The summed E-state index contributed by atoms with van der Waals surface area (Å²) in [5, 5.41) is 0. The van der Waals surface area contributed by atoms with Gasteiger partial charge in [-0.2, -0.15) is 0 Å². The van der Waals surface area contributed by atoms with Crippen LogP contribution in [0.25, 0.3) is 0 Å². The van der Waals surface area contributed by atoms with Gasteiger partial charge in [0.25, 0.3) is 0 Å². The number of aryl methyl sites for hydroxylation is 2. The van der Waals surface area contributed by atoms with Crippen molar-refractivity contribution < 1.29 is 14.3 Å². The van der Waals surface area contributed by atoms with Gasteiger partial charge in [-0.25, -0.2) is 0 Å². The summed E-state index contributed by atoms with van der Waals surface area (Å²) in [5.74, 6) is 1.81. The van der Waals surface area contributed by atoms with Crippen LogP contribution < -0.4 is 9.47 Å². The van der Waals surface area contributed by atoms with Crippen LogP contribution in [0.2, 0.25) is 0 Å². The number of carbonyl (C=O) groups is 1. The first-order valence-corrected chi connectivity index (χ1v) is 5.05. The summed E-state index contributed by atoms with van der Waals surface area (Å²) in [5.41, 5.74) is 2.31. The van der Waals surface area contributed by atoms with Gasteiger partial charge in [-0.3, -0.25) is 0 Å². The van der Waals surface area contributed by atoms with E-state index < -0.39 is 0 Å². The quantitative estimate of drug-likeness (QED) is 0.760. The van der Waals surface area contributed by atoms with Gasteiger partial charge in [0.05, 0.1) is 0 Å². The van der Waals surface area contributed by atoms with Gasteiger partial charge in [0.15, 0.2) is 11.5 Å². The molecule has 1 aliphatic rings. The minimum absolute atomic E-state index is 0.215. The summed E-state index contributed by atoms with van der Waals surface area (Å²) >= 11 is 0. The Balaban J connectivity index is 2.21. The highest BCUT2D eigenvalue weighted by Crippen LogP contribution is 2.34. The van der Waals surface area contributed by atoms with E-state index >= 15 is 0 Å². The molecule has 0 radical (unpaired) electrons. The monoisotopic (exact) mass is 206 g/mol. The molecule has 0 unspecified atom stereocenters. The van der Waals surface area contributed by atoms with Crippen molar-refractivity contribution in [2.45, 2.75) is 26.7 Å². The van der Waals surface area contributed by atoms with E-state index in [1.165, 1.54) is 0 Å². The molecule has 0 aliphatic carbocycles. The van der Waals surface area contributed by atoms with Gasteiger partial charge < -0.3 is 14.3 Å². The molecule has 80 valence electrons. The van der Waals surface area contributed by atoms with E-state index in [4.69, 9.17) is 9.47 Å². The molecule has 3 nitrogen and oxygen atoms in total. The molecule has 3 heteroatoms. The normalized spacial score (nSPS) is 12.9. The third kappa shape index (κ3) is 2.12. The van der Waals surface area contributed by atoms with Crippen molar-refractivity contribution in [2.75, 3.05) is 6.79 Å². The van der Waals surface area contributed by atoms with Crippen molar-refractivity contribution in [1.82, 2.24) is 0 Å². The summed E-state index contributed by atoms with van der Waals surface area (Å²) < 4.78 is 10.6. The number of Topliss-reactive ketones (excluding diaryl/α,β-unsaturated/α-hetero) is 1. The second kappa shape index (κ2) is 3.93. The molecule has 0 bridgehead atoms. The van der Waals surface area contributed by atoms with Gasteiger partial charge in [0.1, 0.15) is 5.78 Å². The maximum Gasteiger partial charge on any atom is 0.231 e. The Morgan fingerprint density at radius 1 is 1.33 bits per heavy atom. The molecule has 0 saturated heterocycles. The Hall–Kier alpha value is -1.51. The second-order valence-corrected chi connectivity index (χ2v) is 3.83. The molecule has 0 atom stereocenters. The predicted octanol–water partition coefficient (Wildman–Crippen LogP) is 2.25. The van der Waals surface area contributed by atoms with Crippen LogP contribution in [0, 0.1) is 6.92 Å². The predicted molar refractivity (Wildman–Crippen MR) is 56.3 cm³/mol. The molecule has 0 spiro atoms. The third-order valence-electron chi connectivity index (χ3n) is 2.58. The Morgan fingerprint density at radius 3 is 2.67 bits per heavy atom. The molecule has 0 saturated carbocycles. The largest absolute Gasteiger partial charge is 0.454 e. The van der Waals surface area contributed by atoms with Crippen LogP contribution in [-0.4, -0.2) is 12.6 Å². The number of hydrogen-bond acceptors (Lipinski definition) is 3. The van der Waals surface area contributed by atoms with Gasteiger partial charge in [-0.1, -0.05) is 0 Å². The summed E-state index contributed by atoms with van der Waals surface area (Å²) in [6.07, 6.45) is 1.36. The lowest BCUT2D eigenvalue weighted by molar-refractivity contribution is -0.116. The molecule has 0 aromatic heterocycles. The number of hydrogen-bond donors (Lipinski definition) is 0. The lowest BCUT2D eigenvalue weighted by Gasteiger charge is -2.06. The number of fused-ring (bicyclic) bond motifs is 1. The van der Waals surface area contributed by atoms with Crippen molar-refractivity contribution in [3.63, 3.8) is 0 Å². The standard InChI is InChI=1S/C12H14O3/c1-8-5-11-12(15-7-14-11)6-10(8)4-3-9(2)13/h5-6H,3-4,7H2,1-2H3. The first-order valence-electron chi connectivity index (χ1n) is 5.05.